The van der Waals surface area contributed by atoms with Gasteiger partial charge in [-0.3, -0.25) is 14.7 Å². The second-order valence-corrected chi connectivity index (χ2v) is 5.94. The number of carbonyl (C=O) groups is 1. The van der Waals surface area contributed by atoms with Crippen LogP contribution < -0.4 is 4.90 Å². The number of alkyl halides is 1. The summed E-state index contributed by atoms with van der Waals surface area (Å²) in [7, 11) is 0. The van der Waals surface area contributed by atoms with Crippen LogP contribution >= 0.6 is 27.3 Å². The Labute approximate surface area is 123 Å². The summed E-state index contributed by atoms with van der Waals surface area (Å²) in [4.78, 5) is 22.5. The molecule has 0 radical (unpaired) electrons. The minimum Gasteiger partial charge on any atom is -0.288 e. The lowest BCUT2D eigenvalue weighted by Gasteiger charge is -2.11. The molecule has 4 nitrogen and oxygen atoms in total. The van der Waals surface area contributed by atoms with Crippen molar-refractivity contribution in [1.82, 2.24) is 9.97 Å². The van der Waals surface area contributed by atoms with Crippen molar-refractivity contribution in [3.8, 4) is 11.4 Å². The zero-order valence-electron chi connectivity index (χ0n) is 10.1. The molecule has 0 bridgehead atoms. The van der Waals surface area contributed by atoms with Gasteiger partial charge in [0.15, 0.2) is 5.13 Å². The molecule has 1 saturated heterocycles. The number of hydrogen-bond acceptors (Lipinski definition) is 4. The number of hydrogen-bond donors (Lipinski definition) is 0. The van der Waals surface area contributed by atoms with Crippen molar-refractivity contribution in [2.24, 2.45) is 5.92 Å². The predicted molar refractivity (Wildman–Crippen MR) is 79.6 cm³/mol. The maximum atomic E-state index is 11.9. The van der Waals surface area contributed by atoms with Crippen LogP contribution in [0.15, 0.2) is 29.8 Å². The monoisotopic (exact) mass is 337 g/mol. The number of rotatable bonds is 3. The van der Waals surface area contributed by atoms with Gasteiger partial charge in [0, 0.05) is 29.9 Å². The van der Waals surface area contributed by atoms with Gasteiger partial charge in [0.2, 0.25) is 5.91 Å². The quantitative estimate of drug-likeness (QED) is 0.809. The lowest BCUT2D eigenvalue weighted by molar-refractivity contribution is -0.117. The van der Waals surface area contributed by atoms with E-state index in [0.717, 1.165) is 28.4 Å². The Kier molecular flexibility index (Phi) is 3.61. The summed E-state index contributed by atoms with van der Waals surface area (Å²) in [6.45, 7) is 0.749. The van der Waals surface area contributed by atoms with Gasteiger partial charge in [-0.05, 0) is 18.1 Å². The third-order valence-corrected chi connectivity index (χ3v) is 4.85. The third-order valence-electron chi connectivity index (χ3n) is 3.07. The fourth-order valence-corrected chi connectivity index (χ4v) is 3.37. The lowest BCUT2D eigenvalue weighted by atomic mass is 10.2. The molecule has 3 rings (SSSR count). The van der Waals surface area contributed by atoms with E-state index in [2.05, 4.69) is 25.9 Å². The van der Waals surface area contributed by atoms with Crippen molar-refractivity contribution in [1.29, 1.82) is 0 Å². The highest BCUT2D eigenvalue weighted by molar-refractivity contribution is 9.09. The Bertz CT molecular complexity index is 587. The molecule has 1 aliphatic heterocycles. The number of nitrogens with zero attached hydrogens (tertiary/aromatic N) is 3. The van der Waals surface area contributed by atoms with Gasteiger partial charge in [-0.25, -0.2) is 4.98 Å². The van der Waals surface area contributed by atoms with Crippen LogP contribution in [0.3, 0.4) is 0 Å². The first-order valence-corrected chi connectivity index (χ1v) is 8.01. The molecule has 0 spiro atoms. The minimum absolute atomic E-state index is 0.159. The molecule has 6 heteroatoms. The van der Waals surface area contributed by atoms with Gasteiger partial charge >= 0.3 is 0 Å². The molecular formula is C13H12BrN3OS. The van der Waals surface area contributed by atoms with Gasteiger partial charge in [-0.1, -0.05) is 22.0 Å². The summed E-state index contributed by atoms with van der Waals surface area (Å²) in [5, 5.41) is 3.58. The van der Waals surface area contributed by atoms with Crippen LogP contribution in [-0.4, -0.2) is 27.7 Å². The molecule has 0 N–H and O–H groups in total. The highest BCUT2D eigenvalue weighted by Crippen LogP contribution is 2.31. The first-order valence-electron chi connectivity index (χ1n) is 6.01. The first kappa shape index (κ1) is 12.7. The second kappa shape index (κ2) is 5.38. The zero-order chi connectivity index (χ0) is 13.2. The van der Waals surface area contributed by atoms with Gasteiger partial charge < -0.3 is 0 Å². The highest BCUT2D eigenvalue weighted by Gasteiger charge is 2.31. The van der Waals surface area contributed by atoms with E-state index in [9.17, 15) is 4.79 Å². The van der Waals surface area contributed by atoms with Gasteiger partial charge in [0.05, 0.1) is 5.69 Å². The fourth-order valence-electron chi connectivity index (χ4n) is 2.09. The number of thiazole rings is 1. The largest absolute Gasteiger partial charge is 0.288 e. The fraction of sp³-hybridized carbons (Fsp3) is 0.308. The maximum Gasteiger partial charge on any atom is 0.229 e. The van der Waals surface area contributed by atoms with E-state index in [1.165, 1.54) is 11.3 Å². The molecule has 1 atom stereocenters. The number of anilines is 1. The molecule has 2 aromatic heterocycles. The predicted octanol–water partition coefficient (Wildman–Crippen LogP) is 2.95. The lowest BCUT2D eigenvalue weighted by Crippen LogP contribution is -2.24. The van der Waals surface area contributed by atoms with E-state index in [-0.39, 0.29) is 5.91 Å². The number of pyridine rings is 1. The van der Waals surface area contributed by atoms with E-state index in [1.807, 2.05) is 23.6 Å². The molecule has 1 unspecified atom stereocenters. The molecule has 2 aromatic rings. The number of amides is 1. The number of carbonyl (C=O) groups excluding carboxylic acids is 1. The van der Waals surface area contributed by atoms with Crippen LogP contribution in [0.2, 0.25) is 0 Å². The SMILES string of the molecule is O=C1CC(CBr)CN1c1nc(-c2ccccn2)cs1. The molecule has 19 heavy (non-hydrogen) atoms. The Morgan fingerprint density at radius 3 is 3.00 bits per heavy atom. The van der Waals surface area contributed by atoms with Crippen molar-refractivity contribution < 1.29 is 4.79 Å². The average molecular weight is 338 g/mol. The molecule has 0 saturated carbocycles. The Morgan fingerprint density at radius 2 is 2.32 bits per heavy atom. The summed E-state index contributed by atoms with van der Waals surface area (Å²) in [6, 6.07) is 5.73. The maximum absolute atomic E-state index is 11.9. The third kappa shape index (κ3) is 2.55. The summed E-state index contributed by atoms with van der Waals surface area (Å²) in [5.41, 5.74) is 1.67. The number of halogens is 1. The normalized spacial score (nSPS) is 19.1. The van der Waals surface area contributed by atoms with E-state index < -0.39 is 0 Å². The van der Waals surface area contributed by atoms with Crippen molar-refractivity contribution in [2.75, 3.05) is 16.8 Å². The molecule has 98 valence electrons. The minimum atomic E-state index is 0.159. The highest BCUT2D eigenvalue weighted by atomic mass is 79.9. The topological polar surface area (TPSA) is 46.1 Å². The van der Waals surface area contributed by atoms with Crippen LogP contribution in [0.4, 0.5) is 5.13 Å². The van der Waals surface area contributed by atoms with Crippen molar-refractivity contribution >= 4 is 38.3 Å². The summed E-state index contributed by atoms with van der Waals surface area (Å²) in [5.74, 6) is 0.543. The number of aromatic nitrogens is 2. The Morgan fingerprint density at radius 1 is 1.42 bits per heavy atom. The van der Waals surface area contributed by atoms with E-state index in [4.69, 9.17) is 0 Å². The molecule has 1 amide bonds. The standard InChI is InChI=1S/C13H12BrN3OS/c14-6-9-5-12(18)17(7-9)13-16-11(8-19-13)10-3-1-2-4-15-10/h1-4,8-9H,5-7H2. The Hall–Kier alpha value is -1.27. The van der Waals surface area contributed by atoms with Crippen LogP contribution in [0.25, 0.3) is 11.4 Å². The second-order valence-electron chi connectivity index (χ2n) is 4.46. The summed E-state index contributed by atoms with van der Waals surface area (Å²) in [6.07, 6.45) is 2.35. The van der Waals surface area contributed by atoms with E-state index >= 15 is 0 Å². The van der Waals surface area contributed by atoms with E-state index in [1.54, 1.807) is 11.1 Å². The first-order chi connectivity index (χ1) is 9.28. The van der Waals surface area contributed by atoms with Crippen LogP contribution in [0.5, 0.6) is 0 Å². The molecule has 0 aliphatic carbocycles. The van der Waals surface area contributed by atoms with Gasteiger partial charge in [0.1, 0.15) is 5.69 Å². The van der Waals surface area contributed by atoms with Crippen molar-refractivity contribution in [3.63, 3.8) is 0 Å². The molecule has 1 aliphatic rings. The Balaban J connectivity index is 1.84. The van der Waals surface area contributed by atoms with Crippen LogP contribution in [0, 0.1) is 5.92 Å². The summed E-state index contributed by atoms with van der Waals surface area (Å²) >= 11 is 4.94. The van der Waals surface area contributed by atoms with Crippen molar-refractivity contribution in [2.45, 2.75) is 6.42 Å². The molecular weight excluding hydrogens is 326 g/mol. The van der Waals surface area contributed by atoms with E-state index in [0.29, 0.717) is 12.3 Å². The zero-order valence-corrected chi connectivity index (χ0v) is 12.5. The van der Waals surface area contributed by atoms with Gasteiger partial charge in [0.25, 0.3) is 0 Å². The van der Waals surface area contributed by atoms with Gasteiger partial charge in [-0.15, -0.1) is 11.3 Å². The molecule has 1 fully saturated rings. The summed E-state index contributed by atoms with van der Waals surface area (Å²) < 4.78 is 0. The smallest absolute Gasteiger partial charge is 0.229 e. The average Bonchev–Trinajstić information content (AvgIpc) is 3.06. The van der Waals surface area contributed by atoms with Gasteiger partial charge in [-0.2, -0.15) is 0 Å². The van der Waals surface area contributed by atoms with Crippen molar-refractivity contribution in [3.05, 3.63) is 29.8 Å². The van der Waals surface area contributed by atoms with Crippen LogP contribution in [-0.2, 0) is 4.79 Å². The molecule has 3 heterocycles. The molecule has 0 aromatic carbocycles. The van der Waals surface area contributed by atoms with Crippen LogP contribution in [0.1, 0.15) is 6.42 Å².